The second-order valence-electron chi connectivity index (χ2n) is 4.31. The highest BCUT2D eigenvalue weighted by atomic mass is 35.5. The van der Waals surface area contributed by atoms with Crippen molar-refractivity contribution in [1.29, 1.82) is 0 Å². The van der Waals surface area contributed by atoms with E-state index >= 15 is 0 Å². The molecule has 0 spiro atoms. The molecule has 0 amide bonds. The molecule has 0 aromatic heterocycles. The molecule has 0 saturated heterocycles. The van der Waals surface area contributed by atoms with E-state index in [0.29, 0.717) is 0 Å². The smallest absolute Gasteiger partial charge is 0.195 e. The predicted octanol–water partition coefficient (Wildman–Crippen LogP) is 3.38. The SMILES string of the molecule is Clc1cccc(NC2=NCCN2)c1-c1ccccc1. The summed E-state index contributed by atoms with van der Waals surface area (Å²) in [5.74, 6) is 0.805. The minimum Gasteiger partial charge on any atom is -0.354 e. The summed E-state index contributed by atoms with van der Waals surface area (Å²) in [6.45, 7) is 1.69. The van der Waals surface area contributed by atoms with Gasteiger partial charge in [0.25, 0.3) is 0 Å². The van der Waals surface area contributed by atoms with Gasteiger partial charge in [0, 0.05) is 12.1 Å². The molecular formula is C15H14ClN3. The Hall–Kier alpha value is -2.00. The molecule has 0 aliphatic carbocycles. The van der Waals surface area contributed by atoms with Gasteiger partial charge in [-0.15, -0.1) is 0 Å². The van der Waals surface area contributed by atoms with E-state index in [1.807, 2.05) is 36.4 Å². The molecule has 0 fully saturated rings. The third-order valence-electron chi connectivity index (χ3n) is 3.00. The minimum atomic E-state index is 0.731. The van der Waals surface area contributed by atoms with Crippen LogP contribution in [0.1, 0.15) is 0 Å². The number of nitrogens with zero attached hydrogens (tertiary/aromatic N) is 1. The maximum atomic E-state index is 6.35. The number of aliphatic imine (C=N–C) groups is 1. The van der Waals surface area contributed by atoms with Crippen LogP contribution in [0.25, 0.3) is 11.1 Å². The van der Waals surface area contributed by atoms with Gasteiger partial charge in [0.2, 0.25) is 0 Å². The van der Waals surface area contributed by atoms with Gasteiger partial charge in [-0.3, -0.25) is 4.99 Å². The van der Waals surface area contributed by atoms with Crippen LogP contribution < -0.4 is 10.6 Å². The van der Waals surface area contributed by atoms with E-state index in [9.17, 15) is 0 Å². The number of hydrogen-bond acceptors (Lipinski definition) is 3. The van der Waals surface area contributed by atoms with Gasteiger partial charge in [0.15, 0.2) is 5.96 Å². The van der Waals surface area contributed by atoms with Crippen LogP contribution in [0, 0.1) is 0 Å². The summed E-state index contributed by atoms with van der Waals surface area (Å²) < 4.78 is 0. The Bertz CT molecular complexity index is 608. The minimum absolute atomic E-state index is 0.731. The van der Waals surface area contributed by atoms with Gasteiger partial charge < -0.3 is 10.6 Å². The van der Waals surface area contributed by atoms with Crippen molar-refractivity contribution < 1.29 is 0 Å². The van der Waals surface area contributed by atoms with Gasteiger partial charge in [-0.05, 0) is 17.7 Å². The van der Waals surface area contributed by atoms with Crippen LogP contribution in [0.2, 0.25) is 5.02 Å². The van der Waals surface area contributed by atoms with E-state index in [2.05, 4.69) is 27.8 Å². The fraction of sp³-hybridized carbons (Fsp3) is 0.133. The van der Waals surface area contributed by atoms with Crippen molar-refractivity contribution in [3.63, 3.8) is 0 Å². The maximum Gasteiger partial charge on any atom is 0.195 e. The lowest BCUT2D eigenvalue weighted by molar-refractivity contribution is 0.959. The highest BCUT2D eigenvalue weighted by Crippen LogP contribution is 2.34. The van der Waals surface area contributed by atoms with Crippen LogP contribution >= 0.6 is 11.6 Å². The predicted molar refractivity (Wildman–Crippen MR) is 80.8 cm³/mol. The number of anilines is 1. The maximum absolute atomic E-state index is 6.35. The highest BCUT2D eigenvalue weighted by molar-refractivity contribution is 6.34. The average Bonchev–Trinajstić information content (AvgIpc) is 2.93. The van der Waals surface area contributed by atoms with Crippen molar-refractivity contribution in [2.24, 2.45) is 4.99 Å². The fourth-order valence-electron chi connectivity index (χ4n) is 2.14. The Kier molecular flexibility index (Phi) is 3.38. The molecule has 1 heterocycles. The first-order valence-electron chi connectivity index (χ1n) is 6.24. The standard InChI is InChI=1S/C15H14ClN3/c16-12-7-4-8-13(19-15-17-9-10-18-15)14(12)11-5-2-1-3-6-11/h1-8H,9-10H2,(H2,17,18,19). The highest BCUT2D eigenvalue weighted by Gasteiger charge is 2.12. The molecule has 0 atom stereocenters. The number of benzene rings is 2. The molecule has 1 aliphatic heterocycles. The van der Waals surface area contributed by atoms with E-state index in [0.717, 1.165) is 40.9 Å². The van der Waals surface area contributed by atoms with Crippen LogP contribution in [0.5, 0.6) is 0 Å². The molecule has 0 unspecified atom stereocenters. The topological polar surface area (TPSA) is 36.4 Å². The van der Waals surface area contributed by atoms with E-state index in [-0.39, 0.29) is 0 Å². The zero-order valence-electron chi connectivity index (χ0n) is 10.4. The molecule has 0 bridgehead atoms. The number of halogens is 1. The molecule has 4 heteroatoms. The quantitative estimate of drug-likeness (QED) is 0.879. The van der Waals surface area contributed by atoms with Crippen molar-refractivity contribution in [1.82, 2.24) is 5.32 Å². The largest absolute Gasteiger partial charge is 0.354 e. The van der Waals surface area contributed by atoms with Crippen molar-refractivity contribution in [3.05, 3.63) is 53.6 Å². The van der Waals surface area contributed by atoms with Crippen LogP contribution in [0.4, 0.5) is 5.69 Å². The molecular weight excluding hydrogens is 258 g/mol. The zero-order valence-corrected chi connectivity index (χ0v) is 11.1. The normalized spacial score (nSPS) is 13.8. The molecule has 3 rings (SSSR count). The molecule has 19 heavy (non-hydrogen) atoms. The Morgan fingerprint density at radius 1 is 1.05 bits per heavy atom. The third kappa shape index (κ3) is 2.56. The molecule has 2 aromatic carbocycles. The Balaban J connectivity index is 2.02. The summed E-state index contributed by atoms with van der Waals surface area (Å²) in [4.78, 5) is 4.35. The summed E-state index contributed by atoms with van der Waals surface area (Å²) in [6, 6.07) is 16.0. The summed E-state index contributed by atoms with van der Waals surface area (Å²) in [6.07, 6.45) is 0. The second kappa shape index (κ2) is 5.33. The van der Waals surface area contributed by atoms with Crippen LogP contribution in [0.15, 0.2) is 53.5 Å². The van der Waals surface area contributed by atoms with Crippen molar-refractivity contribution in [2.75, 3.05) is 18.4 Å². The number of rotatable bonds is 2. The lowest BCUT2D eigenvalue weighted by Gasteiger charge is -2.13. The molecule has 2 aromatic rings. The molecule has 1 aliphatic rings. The van der Waals surface area contributed by atoms with Crippen molar-refractivity contribution >= 4 is 23.2 Å². The first kappa shape index (κ1) is 12.1. The fourth-order valence-corrected chi connectivity index (χ4v) is 2.42. The van der Waals surface area contributed by atoms with Crippen LogP contribution in [-0.2, 0) is 0 Å². The van der Waals surface area contributed by atoms with Crippen LogP contribution in [0.3, 0.4) is 0 Å². The van der Waals surface area contributed by atoms with E-state index < -0.39 is 0 Å². The Morgan fingerprint density at radius 2 is 1.89 bits per heavy atom. The lowest BCUT2D eigenvalue weighted by Crippen LogP contribution is -2.26. The van der Waals surface area contributed by atoms with E-state index in [4.69, 9.17) is 11.6 Å². The molecule has 0 saturated carbocycles. The molecule has 2 N–H and O–H groups in total. The van der Waals surface area contributed by atoms with Crippen molar-refractivity contribution in [3.8, 4) is 11.1 Å². The zero-order chi connectivity index (χ0) is 13.1. The monoisotopic (exact) mass is 271 g/mol. The lowest BCUT2D eigenvalue weighted by atomic mass is 10.0. The van der Waals surface area contributed by atoms with Crippen molar-refractivity contribution in [2.45, 2.75) is 0 Å². The van der Waals surface area contributed by atoms with E-state index in [1.54, 1.807) is 0 Å². The second-order valence-corrected chi connectivity index (χ2v) is 4.72. The molecule has 0 radical (unpaired) electrons. The molecule has 3 nitrogen and oxygen atoms in total. The number of nitrogens with one attached hydrogen (secondary N) is 2. The van der Waals surface area contributed by atoms with Gasteiger partial charge in [0.1, 0.15) is 0 Å². The third-order valence-corrected chi connectivity index (χ3v) is 3.32. The number of hydrogen-bond donors (Lipinski definition) is 2. The average molecular weight is 272 g/mol. The summed E-state index contributed by atoms with van der Waals surface area (Å²) in [5, 5.41) is 7.23. The van der Waals surface area contributed by atoms with Crippen LogP contribution in [-0.4, -0.2) is 19.0 Å². The van der Waals surface area contributed by atoms with Gasteiger partial charge in [-0.1, -0.05) is 48.0 Å². The summed E-state index contributed by atoms with van der Waals surface area (Å²) >= 11 is 6.35. The van der Waals surface area contributed by atoms with Gasteiger partial charge in [0.05, 0.1) is 17.3 Å². The summed E-state index contributed by atoms with van der Waals surface area (Å²) in [7, 11) is 0. The van der Waals surface area contributed by atoms with Gasteiger partial charge >= 0.3 is 0 Å². The molecule has 96 valence electrons. The first-order valence-corrected chi connectivity index (χ1v) is 6.62. The van der Waals surface area contributed by atoms with Gasteiger partial charge in [-0.2, -0.15) is 0 Å². The Morgan fingerprint density at radius 3 is 2.63 bits per heavy atom. The number of guanidine groups is 1. The Labute approximate surface area is 117 Å². The van der Waals surface area contributed by atoms with Gasteiger partial charge in [-0.25, -0.2) is 0 Å². The first-order chi connectivity index (χ1) is 9.34. The summed E-state index contributed by atoms with van der Waals surface area (Å²) in [5.41, 5.74) is 3.06. The van der Waals surface area contributed by atoms with E-state index in [1.165, 1.54) is 0 Å².